The number of pyridine rings is 5. The Kier molecular flexibility index (Phi) is 49.8. The minimum atomic E-state index is -1.47. The van der Waals surface area contributed by atoms with Crippen LogP contribution in [0.2, 0.25) is 0 Å². The Morgan fingerprint density at radius 1 is 0.364 bits per heavy atom. The molecule has 54 heteroatoms. The van der Waals surface area contributed by atoms with Crippen LogP contribution >= 0.6 is 108 Å². The van der Waals surface area contributed by atoms with E-state index < -0.39 is 103 Å². The Morgan fingerprint density at radius 2 is 0.610 bits per heavy atom. The molecule has 0 aliphatic heterocycles. The molecule has 6 atom stereocenters. The fraction of sp³-hybridized carbons (Fsp3) is 0.469. The van der Waals surface area contributed by atoms with Crippen molar-refractivity contribution in [1.82, 2.24) is 51.5 Å². The van der Waals surface area contributed by atoms with Gasteiger partial charge in [0.2, 0.25) is 0 Å². The number of nitrogens with one attached hydrogen (secondary N) is 5. The second-order valence-electron chi connectivity index (χ2n) is 23.3. The lowest BCUT2D eigenvalue weighted by atomic mass is 9.96. The molecule has 0 fully saturated rings. The van der Waals surface area contributed by atoms with E-state index in [1.165, 1.54) is 102 Å². The quantitative estimate of drug-likeness (QED) is 0.00436. The highest BCUT2D eigenvalue weighted by atomic mass is 33.1. The predicted octanol–water partition coefficient (Wildman–Crippen LogP) is 12.7. The maximum atomic E-state index is 12.8. The number of carboxylic acid groups (broad SMARTS) is 4. The highest BCUT2D eigenvalue weighted by molar-refractivity contribution is 8.78. The van der Waals surface area contributed by atoms with Gasteiger partial charge in [0.1, 0.15) is 24.2 Å². The van der Waals surface area contributed by atoms with E-state index in [1.807, 2.05) is 6.92 Å². The molecule has 9 N–H and O–H groups in total. The third-order valence-corrected chi connectivity index (χ3v) is 25.8. The molecule has 0 saturated carbocycles. The lowest BCUT2D eigenvalue weighted by Gasteiger charge is -2.21. The van der Waals surface area contributed by atoms with Gasteiger partial charge in [-0.3, -0.25) is 50.6 Å². The minimum absolute atomic E-state index is 0.0208. The van der Waals surface area contributed by atoms with E-state index in [0.717, 1.165) is 104 Å². The Bertz CT molecular complexity index is 3920. The predicted molar refractivity (Wildman–Crippen MR) is 438 cm³/mol. The summed E-state index contributed by atoms with van der Waals surface area (Å²) in [4.78, 5) is 183. The lowest BCUT2D eigenvalue weighted by Crippen LogP contribution is -2.42. The molecule has 0 bridgehead atoms. The van der Waals surface area contributed by atoms with Crippen LogP contribution in [0.3, 0.4) is 0 Å². The first-order chi connectivity index (χ1) is 56.6. The van der Waals surface area contributed by atoms with Gasteiger partial charge in [0.15, 0.2) is 25.1 Å². The van der Waals surface area contributed by atoms with Crippen LogP contribution in [0.4, 0.5) is 52.4 Å². The Hall–Kier alpha value is -9.56. The minimum Gasteiger partial charge on any atom is -0.480 e. The largest absolute Gasteiger partial charge is 0.480 e. The van der Waals surface area contributed by atoms with Crippen molar-refractivity contribution in [1.29, 1.82) is 0 Å². The summed E-state index contributed by atoms with van der Waals surface area (Å²) in [5.41, 5.74) is -1.21. The van der Waals surface area contributed by atoms with Crippen molar-refractivity contribution in [2.45, 2.75) is 127 Å². The number of nitro groups is 5. The smallest absolute Gasteiger partial charge is 0.407 e. The van der Waals surface area contributed by atoms with Crippen LogP contribution in [-0.2, 0) is 47.6 Å². The first-order valence-corrected chi connectivity index (χ1v) is 46.2. The molecule has 5 aromatic heterocycles. The third-order valence-electron chi connectivity index (χ3n) is 14.6. The molecule has 0 aliphatic carbocycles. The molecule has 118 heavy (non-hydrogen) atoms. The van der Waals surface area contributed by atoms with Crippen molar-refractivity contribution >= 4 is 191 Å². The first-order valence-electron chi connectivity index (χ1n) is 34.7. The first kappa shape index (κ1) is 101. The van der Waals surface area contributed by atoms with Gasteiger partial charge in [0, 0.05) is 97.5 Å². The number of carbonyl (C=O) groups is 9. The fourth-order valence-electron chi connectivity index (χ4n) is 8.91. The van der Waals surface area contributed by atoms with E-state index in [-0.39, 0.29) is 155 Å². The van der Waals surface area contributed by atoms with E-state index in [1.54, 1.807) is 0 Å². The molecule has 0 aromatic carbocycles. The molecule has 5 amide bonds. The number of carbonyl (C=O) groups excluding carboxylic acids is 5. The maximum Gasteiger partial charge on any atom is 0.407 e. The van der Waals surface area contributed by atoms with Gasteiger partial charge in [-0.1, -0.05) is 60.9 Å². The highest BCUT2D eigenvalue weighted by Gasteiger charge is 2.29. The third kappa shape index (κ3) is 41.7. The zero-order chi connectivity index (χ0) is 86.6. The van der Waals surface area contributed by atoms with Gasteiger partial charge in [-0.2, -0.15) is 0 Å². The monoisotopic (exact) mass is 1840 g/mol. The molecular weight excluding hydrogens is 1760 g/mol. The van der Waals surface area contributed by atoms with Crippen LogP contribution in [0.25, 0.3) is 0 Å². The van der Waals surface area contributed by atoms with Gasteiger partial charge in [-0.05, 0) is 167 Å². The van der Waals surface area contributed by atoms with Gasteiger partial charge in [0.05, 0.1) is 63.5 Å². The molecule has 44 nitrogen and oxygen atoms in total. The number of hydrogen-bond donors (Lipinski definition) is 9. The number of hydrogen-bond acceptors (Lipinski definition) is 40. The van der Waals surface area contributed by atoms with Crippen LogP contribution < -0.4 is 26.6 Å². The molecule has 644 valence electrons. The summed E-state index contributed by atoms with van der Waals surface area (Å²) < 4.78 is 32.3. The number of amides is 5. The molecule has 0 spiro atoms. The maximum absolute atomic E-state index is 12.8. The fourth-order valence-corrected chi connectivity index (χ4v) is 19.5. The zero-order valence-electron chi connectivity index (χ0n) is 61.9. The summed E-state index contributed by atoms with van der Waals surface area (Å²) in [6, 6.07) is 7.48. The summed E-state index contributed by atoms with van der Waals surface area (Å²) in [5.74, 6) is -6.77. The molecule has 5 rings (SSSR count). The van der Waals surface area contributed by atoms with Crippen molar-refractivity contribution in [2.75, 3.05) is 75.1 Å². The Labute approximate surface area is 710 Å². The van der Waals surface area contributed by atoms with Crippen molar-refractivity contribution in [3.05, 3.63) is 142 Å². The van der Waals surface area contributed by atoms with Crippen LogP contribution in [-0.4, -0.2) is 224 Å². The van der Waals surface area contributed by atoms with Crippen LogP contribution in [0.1, 0.15) is 77.6 Å². The summed E-state index contributed by atoms with van der Waals surface area (Å²) in [6.45, 7) is 1.80. The standard InChI is InChI=1S/C54H66N12O25S8.C10H13N3O4S2/c67-47(68)35(29-92-96-43-39(63(79)80)15-5-19-55-43)59-51(75)88-23-3-1-11-33(13-9-25-90-53(77)61-37(49(71)72)31-94-98-45-41(65(83)84)17-7-21-57-45)27-87-28-34(14-10-26-91-54(78)62-38(50(73)74)32-95-99-46-42(66(85)86)18-8-22-58-46)12-2-4-24-89-52(76)60-36(48(69)70)30-93-97-44-40(64(81)82)16-6-20-56-44;1-2-6-17-10(14)12-7-18-19-9-8(13(15)16)4-3-5-11-9/h5-8,15-22,33-38H,1-4,9-14,23-32H2,(H,59,75)(H,60,76)(H,61,77)(H,62,78)(H,67,68)(H,69,70)(H,71,72)(H,73,74);3-5H,2,6-7H2,1H3,(H,12,14). The zero-order valence-corrected chi connectivity index (χ0v) is 70.1. The van der Waals surface area contributed by atoms with Gasteiger partial charge < -0.3 is 75.4 Å². The molecule has 0 saturated heterocycles. The molecule has 5 aromatic rings. The van der Waals surface area contributed by atoms with Crippen LogP contribution in [0, 0.1) is 62.4 Å². The number of nitrogens with zero attached hydrogens (tertiary/aromatic N) is 10. The van der Waals surface area contributed by atoms with Gasteiger partial charge >= 0.3 is 82.8 Å². The highest BCUT2D eigenvalue weighted by Crippen LogP contribution is 2.40. The Balaban J connectivity index is 0.00000135. The average molecular weight is 1840 g/mol. The van der Waals surface area contributed by atoms with Crippen molar-refractivity contribution in [3.8, 4) is 0 Å². The summed E-state index contributed by atoms with van der Waals surface area (Å²) in [6.07, 6.45) is 6.31. The number of alkyl carbamates (subject to hydrolysis) is 5. The van der Waals surface area contributed by atoms with E-state index in [9.17, 15) is 114 Å². The van der Waals surface area contributed by atoms with Crippen molar-refractivity contribution in [3.63, 3.8) is 0 Å². The molecule has 5 heterocycles. The summed E-state index contributed by atoms with van der Waals surface area (Å²) in [5, 5.41) is 107. The van der Waals surface area contributed by atoms with E-state index in [2.05, 4.69) is 51.5 Å². The van der Waals surface area contributed by atoms with Crippen LogP contribution in [0.5, 0.6) is 0 Å². The topological polar surface area (TPSA) is 630 Å². The van der Waals surface area contributed by atoms with Crippen LogP contribution in [0.15, 0.2) is 117 Å². The van der Waals surface area contributed by atoms with Gasteiger partial charge in [-0.15, -0.1) is 0 Å². The SMILES string of the molecule is CCCOC(=O)NCSSc1ncccc1[N+](=O)[O-].O=C(NC(CSSc1ncccc1[N+](=O)[O-])C(=O)O)OCCCCC(CCCOC(=O)NC(CSSc1ncccc1[N+](=O)[O-])C(=O)O)COCC(CCCCOC(=O)NC(CSSc1ncccc1[N+](=O)[O-])C(=O)O)CCCOC(=O)NC(CSSc1ncccc1[N+](=O)[O-])C(=O)O. The number of carboxylic acids is 4. The van der Waals surface area contributed by atoms with Gasteiger partial charge in [0.25, 0.3) is 0 Å². The number of unbranched alkanes of at least 4 members (excludes halogenated alkanes) is 2. The molecule has 6 unspecified atom stereocenters. The summed E-state index contributed by atoms with van der Waals surface area (Å²) in [7, 11) is 9.39. The average Bonchev–Trinajstić information content (AvgIpc) is 0.886. The lowest BCUT2D eigenvalue weighted by molar-refractivity contribution is -0.388. The number of ether oxygens (including phenoxy) is 6. The van der Waals surface area contributed by atoms with Crippen molar-refractivity contribution < 1.29 is 117 Å². The molecular formula is C64H79N15O29S10. The van der Waals surface area contributed by atoms with E-state index in [0.29, 0.717) is 50.2 Å². The van der Waals surface area contributed by atoms with E-state index in [4.69, 9.17) is 28.4 Å². The van der Waals surface area contributed by atoms with E-state index >= 15 is 0 Å². The normalized spacial score (nSPS) is 12.3. The summed E-state index contributed by atoms with van der Waals surface area (Å²) >= 11 is 0. The number of aromatic nitrogens is 5. The Morgan fingerprint density at radius 3 is 0.864 bits per heavy atom. The van der Waals surface area contributed by atoms with Gasteiger partial charge in [-0.25, -0.2) is 68.1 Å². The second-order valence-corrected chi connectivity index (χ2v) is 34.9. The second kappa shape index (κ2) is 58.3. The number of aliphatic carboxylic acids is 4. The van der Waals surface area contributed by atoms with Crippen molar-refractivity contribution in [2.24, 2.45) is 11.8 Å². The number of rotatable bonds is 57. The molecule has 0 radical (unpaired) electrons. The molecule has 0 aliphatic rings.